The molecule has 0 spiro atoms. The van der Waals surface area contributed by atoms with Crippen LogP contribution in [-0.2, 0) is 4.74 Å². The minimum Gasteiger partial charge on any atom is -0.371 e. The summed E-state index contributed by atoms with van der Waals surface area (Å²) in [7, 11) is 0. The van der Waals surface area contributed by atoms with E-state index in [0.717, 1.165) is 44.4 Å². The number of morpholine rings is 1. The molecule has 0 aliphatic carbocycles. The quantitative estimate of drug-likeness (QED) is 0.700. The fourth-order valence-electron chi connectivity index (χ4n) is 3.18. The van der Waals surface area contributed by atoms with Gasteiger partial charge in [0.1, 0.15) is 0 Å². The molecule has 4 rings (SSSR count). The van der Waals surface area contributed by atoms with Gasteiger partial charge in [0, 0.05) is 33.3 Å². The van der Waals surface area contributed by atoms with E-state index in [4.69, 9.17) is 4.74 Å². The van der Waals surface area contributed by atoms with Crippen molar-refractivity contribution in [1.82, 2.24) is 5.32 Å². The highest BCUT2D eigenvalue weighted by Crippen LogP contribution is 2.31. The summed E-state index contributed by atoms with van der Waals surface area (Å²) in [6.45, 7) is 4.45. The van der Waals surface area contributed by atoms with Crippen LogP contribution in [0.15, 0.2) is 41.2 Å². The summed E-state index contributed by atoms with van der Waals surface area (Å²) in [5.41, 5.74) is 2.31. The summed E-state index contributed by atoms with van der Waals surface area (Å²) in [4.78, 5) is 12.9. The van der Waals surface area contributed by atoms with Crippen LogP contribution in [0, 0.1) is 6.92 Å². The smallest absolute Gasteiger partial charge is 0.196 e. The fraction of sp³-hybridized carbons (Fsp3) is 0.278. The SMILES string of the molecule is Cc1c(C2CNCCO2)ccc2sc3ccccc3c(=O)c12. The second kappa shape index (κ2) is 5.47. The molecule has 3 nitrogen and oxygen atoms in total. The Kier molecular flexibility index (Phi) is 3.45. The Morgan fingerprint density at radius 2 is 2.05 bits per heavy atom. The molecule has 1 aliphatic heterocycles. The Morgan fingerprint density at radius 3 is 2.86 bits per heavy atom. The predicted molar refractivity (Wildman–Crippen MR) is 91.9 cm³/mol. The topological polar surface area (TPSA) is 38.3 Å². The molecule has 2 heterocycles. The van der Waals surface area contributed by atoms with Gasteiger partial charge in [-0.25, -0.2) is 0 Å². The van der Waals surface area contributed by atoms with Gasteiger partial charge >= 0.3 is 0 Å². The number of benzene rings is 2. The Bertz CT molecular complexity index is 910. The summed E-state index contributed by atoms with van der Waals surface area (Å²) in [6, 6.07) is 12.0. The van der Waals surface area contributed by atoms with E-state index in [2.05, 4.69) is 17.4 Å². The molecular weight excluding hydrogens is 294 g/mol. The number of ether oxygens (including phenoxy) is 1. The summed E-state index contributed by atoms with van der Waals surface area (Å²) in [6.07, 6.45) is 0.0361. The van der Waals surface area contributed by atoms with Gasteiger partial charge in [-0.1, -0.05) is 18.2 Å². The molecule has 1 fully saturated rings. The van der Waals surface area contributed by atoms with Crippen molar-refractivity contribution in [1.29, 1.82) is 0 Å². The van der Waals surface area contributed by atoms with Crippen LogP contribution in [0.3, 0.4) is 0 Å². The maximum Gasteiger partial charge on any atom is 0.196 e. The average molecular weight is 311 g/mol. The first-order valence-electron chi connectivity index (χ1n) is 7.53. The Morgan fingerprint density at radius 1 is 1.18 bits per heavy atom. The van der Waals surface area contributed by atoms with E-state index in [1.54, 1.807) is 11.3 Å². The third-order valence-electron chi connectivity index (χ3n) is 4.32. The lowest BCUT2D eigenvalue weighted by atomic mass is 9.98. The number of rotatable bonds is 1. The van der Waals surface area contributed by atoms with Crippen molar-refractivity contribution in [3.05, 3.63) is 57.7 Å². The van der Waals surface area contributed by atoms with Crippen LogP contribution in [0.1, 0.15) is 17.2 Å². The molecule has 1 aliphatic rings. The summed E-state index contributed by atoms with van der Waals surface area (Å²) >= 11 is 1.68. The molecule has 3 aromatic rings. The van der Waals surface area contributed by atoms with Crippen LogP contribution >= 0.6 is 11.3 Å². The Hall–Kier alpha value is -1.75. The first kappa shape index (κ1) is 13.9. The van der Waals surface area contributed by atoms with Gasteiger partial charge in [0.25, 0.3) is 0 Å². The molecule has 0 bridgehead atoms. The van der Waals surface area contributed by atoms with Crippen LogP contribution < -0.4 is 10.7 Å². The molecule has 1 atom stereocenters. The third kappa shape index (κ3) is 2.15. The van der Waals surface area contributed by atoms with Gasteiger partial charge in [0.2, 0.25) is 0 Å². The number of aryl methyl sites for hydroxylation is 1. The first-order valence-corrected chi connectivity index (χ1v) is 8.35. The zero-order valence-corrected chi connectivity index (χ0v) is 13.2. The van der Waals surface area contributed by atoms with Crippen LogP contribution in [0.2, 0.25) is 0 Å². The van der Waals surface area contributed by atoms with E-state index >= 15 is 0 Å². The molecule has 0 saturated carbocycles. The highest BCUT2D eigenvalue weighted by molar-refractivity contribution is 7.24. The second-order valence-electron chi connectivity index (χ2n) is 5.64. The van der Waals surface area contributed by atoms with Gasteiger partial charge in [0.05, 0.1) is 12.7 Å². The molecule has 112 valence electrons. The predicted octanol–water partition coefficient (Wildman–Crippen LogP) is 3.38. The van der Waals surface area contributed by atoms with E-state index in [1.807, 2.05) is 31.2 Å². The molecule has 1 aromatic heterocycles. The van der Waals surface area contributed by atoms with Gasteiger partial charge in [0.15, 0.2) is 5.43 Å². The van der Waals surface area contributed by atoms with Crippen molar-refractivity contribution in [3.63, 3.8) is 0 Å². The molecule has 0 radical (unpaired) electrons. The van der Waals surface area contributed by atoms with Crippen molar-refractivity contribution in [2.24, 2.45) is 0 Å². The Labute approximate surface area is 132 Å². The Balaban J connectivity index is 1.99. The zero-order chi connectivity index (χ0) is 15.1. The molecule has 2 aromatic carbocycles. The van der Waals surface area contributed by atoms with Gasteiger partial charge in [-0.15, -0.1) is 11.3 Å². The minimum atomic E-state index is 0.0361. The standard InChI is InChI=1S/C18H17NO2S/c1-11-12(14-10-19-8-9-21-14)6-7-16-17(11)18(20)13-4-2-3-5-15(13)22-16/h2-7,14,19H,8-10H2,1H3. The monoisotopic (exact) mass is 311 g/mol. The number of hydrogen-bond donors (Lipinski definition) is 1. The largest absolute Gasteiger partial charge is 0.371 e. The zero-order valence-electron chi connectivity index (χ0n) is 12.4. The van der Waals surface area contributed by atoms with E-state index in [-0.39, 0.29) is 11.5 Å². The maximum absolute atomic E-state index is 12.9. The number of nitrogens with one attached hydrogen (secondary N) is 1. The highest BCUT2D eigenvalue weighted by atomic mass is 32.1. The highest BCUT2D eigenvalue weighted by Gasteiger charge is 2.20. The van der Waals surface area contributed by atoms with Gasteiger partial charge in [-0.05, 0) is 36.2 Å². The third-order valence-corrected chi connectivity index (χ3v) is 5.46. The van der Waals surface area contributed by atoms with Crippen LogP contribution in [0.5, 0.6) is 0 Å². The first-order chi connectivity index (χ1) is 10.8. The molecule has 22 heavy (non-hydrogen) atoms. The van der Waals surface area contributed by atoms with Gasteiger partial charge < -0.3 is 10.1 Å². The van der Waals surface area contributed by atoms with E-state index in [1.165, 1.54) is 0 Å². The maximum atomic E-state index is 12.9. The van der Waals surface area contributed by atoms with Crippen molar-refractivity contribution in [2.75, 3.05) is 19.7 Å². The fourth-order valence-corrected chi connectivity index (χ4v) is 4.32. The van der Waals surface area contributed by atoms with Gasteiger partial charge in [-0.3, -0.25) is 4.79 Å². The van der Waals surface area contributed by atoms with Gasteiger partial charge in [-0.2, -0.15) is 0 Å². The lowest BCUT2D eigenvalue weighted by Crippen LogP contribution is -2.33. The van der Waals surface area contributed by atoms with Crippen molar-refractivity contribution < 1.29 is 4.74 Å². The lowest BCUT2D eigenvalue weighted by Gasteiger charge is -2.25. The normalized spacial score (nSPS) is 18.9. The number of hydrogen-bond acceptors (Lipinski definition) is 4. The minimum absolute atomic E-state index is 0.0361. The average Bonchev–Trinajstić information content (AvgIpc) is 2.56. The van der Waals surface area contributed by atoms with Crippen molar-refractivity contribution in [3.8, 4) is 0 Å². The molecule has 1 N–H and O–H groups in total. The van der Waals surface area contributed by atoms with Crippen LogP contribution in [0.25, 0.3) is 20.2 Å². The molecule has 0 amide bonds. The van der Waals surface area contributed by atoms with Crippen molar-refractivity contribution in [2.45, 2.75) is 13.0 Å². The van der Waals surface area contributed by atoms with E-state index in [0.29, 0.717) is 6.61 Å². The molecule has 4 heteroatoms. The van der Waals surface area contributed by atoms with Crippen LogP contribution in [-0.4, -0.2) is 19.7 Å². The second-order valence-corrected chi connectivity index (χ2v) is 6.73. The lowest BCUT2D eigenvalue weighted by molar-refractivity contribution is 0.0274. The number of fused-ring (bicyclic) bond motifs is 2. The summed E-state index contributed by atoms with van der Waals surface area (Å²) in [5.74, 6) is 0. The van der Waals surface area contributed by atoms with Crippen LogP contribution in [0.4, 0.5) is 0 Å². The van der Waals surface area contributed by atoms with E-state index in [9.17, 15) is 4.79 Å². The summed E-state index contributed by atoms with van der Waals surface area (Å²) in [5, 5.41) is 5.00. The van der Waals surface area contributed by atoms with Crippen molar-refractivity contribution >= 4 is 31.5 Å². The molecule has 1 saturated heterocycles. The molecular formula is C18H17NO2S. The summed E-state index contributed by atoms with van der Waals surface area (Å²) < 4.78 is 7.95. The molecule has 1 unspecified atom stereocenters. The van der Waals surface area contributed by atoms with E-state index < -0.39 is 0 Å².